The van der Waals surface area contributed by atoms with Gasteiger partial charge in [0.25, 0.3) is 0 Å². The third kappa shape index (κ3) is 5.19. The van der Waals surface area contributed by atoms with Crippen LogP contribution in [0.25, 0.3) is 0 Å². The lowest BCUT2D eigenvalue weighted by Crippen LogP contribution is -2.33. The van der Waals surface area contributed by atoms with Crippen molar-refractivity contribution in [3.8, 4) is 0 Å². The molecule has 0 aromatic rings. The van der Waals surface area contributed by atoms with Crippen LogP contribution >= 0.6 is 0 Å². The van der Waals surface area contributed by atoms with Gasteiger partial charge in [-0.15, -0.1) is 0 Å². The summed E-state index contributed by atoms with van der Waals surface area (Å²) in [4.78, 5) is 23.0. The van der Waals surface area contributed by atoms with Gasteiger partial charge in [0.2, 0.25) is 0 Å². The Bertz CT molecular complexity index is 277. The van der Waals surface area contributed by atoms with Gasteiger partial charge >= 0.3 is 11.9 Å². The molecule has 0 aromatic heterocycles. The standard InChI is InChI=1S/C14H23NO4/c16-13(18-11-5-1-2-6-11)9-15-10-14(17)19-12-7-3-4-8-12/h11-12,15H,1-10H2. The van der Waals surface area contributed by atoms with Crippen LogP contribution in [-0.2, 0) is 19.1 Å². The summed E-state index contributed by atoms with van der Waals surface area (Å²) < 4.78 is 10.5. The third-order valence-electron chi connectivity index (χ3n) is 3.74. The van der Waals surface area contributed by atoms with Gasteiger partial charge in [-0.05, 0) is 51.4 Å². The molecule has 0 aliphatic heterocycles. The third-order valence-corrected chi connectivity index (χ3v) is 3.74. The lowest BCUT2D eigenvalue weighted by molar-refractivity contribution is -0.149. The number of hydrogen-bond acceptors (Lipinski definition) is 5. The second kappa shape index (κ2) is 7.48. The van der Waals surface area contributed by atoms with Crippen molar-refractivity contribution in [3.05, 3.63) is 0 Å². The average molecular weight is 269 g/mol. The first-order chi connectivity index (χ1) is 9.24. The van der Waals surface area contributed by atoms with Gasteiger partial charge in [-0.1, -0.05) is 0 Å². The van der Waals surface area contributed by atoms with Crippen molar-refractivity contribution >= 4 is 11.9 Å². The van der Waals surface area contributed by atoms with Crippen LogP contribution in [0.5, 0.6) is 0 Å². The summed E-state index contributed by atoms with van der Waals surface area (Å²) >= 11 is 0. The van der Waals surface area contributed by atoms with Gasteiger partial charge in [0.05, 0.1) is 13.1 Å². The Morgan fingerprint density at radius 3 is 1.53 bits per heavy atom. The smallest absolute Gasteiger partial charge is 0.320 e. The first kappa shape index (κ1) is 14.3. The van der Waals surface area contributed by atoms with Gasteiger partial charge in [0, 0.05) is 0 Å². The molecule has 2 rings (SSSR count). The van der Waals surface area contributed by atoms with Crippen LogP contribution in [0.4, 0.5) is 0 Å². The fourth-order valence-electron chi connectivity index (χ4n) is 2.73. The Morgan fingerprint density at radius 1 is 0.789 bits per heavy atom. The predicted octanol–water partition coefficient (Wildman–Crippen LogP) is 1.55. The highest BCUT2D eigenvalue weighted by molar-refractivity contribution is 5.75. The number of rotatable bonds is 6. The molecule has 108 valence electrons. The van der Waals surface area contributed by atoms with E-state index in [1.807, 2.05) is 0 Å². The normalized spacial score (nSPS) is 20.6. The molecule has 5 nitrogen and oxygen atoms in total. The maximum atomic E-state index is 11.5. The highest BCUT2D eigenvalue weighted by Gasteiger charge is 2.20. The second-order valence-corrected chi connectivity index (χ2v) is 5.40. The Labute approximate surface area is 114 Å². The Kier molecular flexibility index (Phi) is 5.63. The molecule has 0 atom stereocenters. The molecule has 0 saturated heterocycles. The maximum Gasteiger partial charge on any atom is 0.320 e. The van der Waals surface area contributed by atoms with E-state index in [2.05, 4.69) is 5.32 Å². The maximum absolute atomic E-state index is 11.5. The van der Waals surface area contributed by atoms with Crippen molar-refractivity contribution in [1.29, 1.82) is 0 Å². The molecule has 0 radical (unpaired) electrons. The van der Waals surface area contributed by atoms with Crippen molar-refractivity contribution in [3.63, 3.8) is 0 Å². The van der Waals surface area contributed by atoms with Gasteiger partial charge in [0.1, 0.15) is 12.2 Å². The summed E-state index contributed by atoms with van der Waals surface area (Å²) in [6, 6.07) is 0. The zero-order valence-corrected chi connectivity index (χ0v) is 11.4. The quantitative estimate of drug-likeness (QED) is 0.741. The van der Waals surface area contributed by atoms with Crippen molar-refractivity contribution in [2.45, 2.75) is 63.6 Å². The summed E-state index contributed by atoms with van der Waals surface area (Å²) in [5, 5.41) is 2.78. The van der Waals surface area contributed by atoms with E-state index in [1.54, 1.807) is 0 Å². The molecular weight excluding hydrogens is 246 g/mol. The van der Waals surface area contributed by atoms with E-state index in [0.29, 0.717) is 0 Å². The SMILES string of the molecule is O=C(CNCC(=O)OC1CCCC1)OC1CCCC1. The Hall–Kier alpha value is -1.10. The predicted molar refractivity (Wildman–Crippen MR) is 69.6 cm³/mol. The monoisotopic (exact) mass is 269 g/mol. The summed E-state index contributed by atoms with van der Waals surface area (Å²) in [6.45, 7) is 0.159. The largest absolute Gasteiger partial charge is 0.461 e. The van der Waals surface area contributed by atoms with E-state index in [4.69, 9.17) is 9.47 Å². The van der Waals surface area contributed by atoms with Crippen molar-refractivity contribution in [1.82, 2.24) is 5.32 Å². The molecule has 0 bridgehead atoms. The van der Waals surface area contributed by atoms with E-state index in [1.165, 1.54) is 0 Å². The first-order valence-corrected chi connectivity index (χ1v) is 7.34. The van der Waals surface area contributed by atoms with Crippen molar-refractivity contribution in [2.24, 2.45) is 0 Å². The number of hydrogen-bond donors (Lipinski definition) is 1. The van der Waals surface area contributed by atoms with Gasteiger partial charge in [-0.2, -0.15) is 0 Å². The minimum absolute atomic E-state index is 0.0796. The van der Waals surface area contributed by atoms with E-state index >= 15 is 0 Å². The number of carbonyl (C=O) groups excluding carboxylic acids is 2. The van der Waals surface area contributed by atoms with Crippen LogP contribution in [0.15, 0.2) is 0 Å². The fourth-order valence-corrected chi connectivity index (χ4v) is 2.73. The summed E-state index contributed by atoms with van der Waals surface area (Å²) in [7, 11) is 0. The van der Waals surface area contributed by atoms with Crippen LogP contribution in [0.1, 0.15) is 51.4 Å². The summed E-state index contributed by atoms with van der Waals surface area (Å²) in [6.07, 6.45) is 8.59. The minimum Gasteiger partial charge on any atom is -0.461 e. The topological polar surface area (TPSA) is 64.6 Å². The molecule has 2 aliphatic rings. The molecule has 0 aromatic carbocycles. The molecule has 0 unspecified atom stereocenters. The highest BCUT2D eigenvalue weighted by atomic mass is 16.5. The zero-order chi connectivity index (χ0) is 13.5. The molecule has 1 N–H and O–H groups in total. The minimum atomic E-state index is -0.277. The molecular formula is C14H23NO4. The van der Waals surface area contributed by atoms with Crippen LogP contribution in [0.2, 0.25) is 0 Å². The van der Waals surface area contributed by atoms with Crippen molar-refractivity contribution in [2.75, 3.05) is 13.1 Å². The Balaban J connectivity index is 1.52. The zero-order valence-electron chi connectivity index (χ0n) is 11.4. The van der Waals surface area contributed by atoms with E-state index in [0.717, 1.165) is 51.4 Å². The number of nitrogens with one attached hydrogen (secondary N) is 1. The molecule has 2 fully saturated rings. The van der Waals surface area contributed by atoms with Crippen LogP contribution in [-0.4, -0.2) is 37.2 Å². The van der Waals surface area contributed by atoms with Gasteiger partial charge in [0.15, 0.2) is 0 Å². The van der Waals surface area contributed by atoms with Crippen molar-refractivity contribution < 1.29 is 19.1 Å². The average Bonchev–Trinajstić information content (AvgIpc) is 3.02. The molecule has 2 aliphatic carbocycles. The van der Waals surface area contributed by atoms with Crippen LogP contribution in [0.3, 0.4) is 0 Å². The summed E-state index contributed by atoms with van der Waals surface area (Å²) in [5.41, 5.74) is 0. The van der Waals surface area contributed by atoms with Crippen LogP contribution in [0, 0.1) is 0 Å². The molecule has 5 heteroatoms. The first-order valence-electron chi connectivity index (χ1n) is 7.34. The molecule has 2 saturated carbocycles. The van der Waals surface area contributed by atoms with Crippen LogP contribution < -0.4 is 5.32 Å². The van der Waals surface area contributed by atoms with E-state index < -0.39 is 0 Å². The van der Waals surface area contributed by atoms with Gasteiger partial charge in [-0.3, -0.25) is 14.9 Å². The molecule has 0 heterocycles. The highest BCUT2D eigenvalue weighted by Crippen LogP contribution is 2.21. The lowest BCUT2D eigenvalue weighted by atomic mass is 10.3. The molecule has 0 amide bonds. The second-order valence-electron chi connectivity index (χ2n) is 5.40. The Morgan fingerprint density at radius 2 is 1.16 bits per heavy atom. The molecule has 0 spiro atoms. The lowest BCUT2D eigenvalue weighted by Gasteiger charge is -2.13. The fraction of sp³-hybridized carbons (Fsp3) is 0.857. The summed E-state index contributed by atoms with van der Waals surface area (Å²) in [5.74, 6) is -0.555. The number of esters is 2. The van der Waals surface area contributed by atoms with E-state index in [9.17, 15) is 9.59 Å². The van der Waals surface area contributed by atoms with Gasteiger partial charge in [-0.25, -0.2) is 0 Å². The number of ether oxygens (including phenoxy) is 2. The number of carbonyl (C=O) groups is 2. The van der Waals surface area contributed by atoms with E-state index in [-0.39, 0.29) is 37.2 Å². The van der Waals surface area contributed by atoms with Gasteiger partial charge < -0.3 is 9.47 Å². The molecule has 19 heavy (non-hydrogen) atoms.